The molecular weight excluding hydrogens is 322 g/mol. The summed E-state index contributed by atoms with van der Waals surface area (Å²) in [5, 5.41) is 31.4. The summed E-state index contributed by atoms with van der Waals surface area (Å²) in [6.07, 6.45) is 0.497. The molecule has 0 spiro atoms. The summed E-state index contributed by atoms with van der Waals surface area (Å²) in [4.78, 5) is 14.2. The molecule has 1 aliphatic heterocycles. The van der Waals surface area contributed by atoms with Crippen molar-refractivity contribution in [1.82, 2.24) is 4.90 Å². The fourth-order valence-electron chi connectivity index (χ4n) is 3.76. The van der Waals surface area contributed by atoms with Crippen LogP contribution < -0.4 is 0 Å². The van der Waals surface area contributed by atoms with Crippen LogP contribution in [0.3, 0.4) is 0 Å². The van der Waals surface area contributed by atoms with Crippen LogP contribution >= 0.6 is 0 Å². The Labute approximate surface area is 152 Å². The van der Waals surface area contributed by atoms with Crippen LogP contribution in [-0.4, -0.2) is 70.2 Å². The van der Waals surface area contributed by atoms with E-state index >= 15 is 0 Å². The summed E-state index contributed by atoms with van der Waals surface area (Å²) in [7, 11) is 1.89. The first-order valence-corrected chi connectivity index (χ1v) is 9.39. The molecule has 0 radical (unpaired) electrons. The molecule has 0 aromatic rings. The minimum absolute atomic E-state index is 0.206. The molecule has 1 saturated heterocycles. The van der Waals surface area contributed by atoms with Crippen molar-refractivity contribution in [3.05, 3.63) is 0 Å². The highest BCUT2D eigenvalue weighted by Gasteiger charge is 2.38. The van der Waals surface area contributed by atoms with E-state index in [0.29, 0.717) is 25.8 Å². The molecule has 0 aromatic heterocycles. The fraction of sp³-hybridized carbons (Fsp3) is 0.947. The van der Waals surface area contributed by atoms with Gasteiger partial charge in [-0.3, -0.25) is 4.79 Å². The summed E-state index contributed by atoms with van der Waals surface area (Å²) >= 11 is 0. The minimum atomic E-state index is -1.52. The van der Waals surface area contributed by atoms with Gasteiger partial charge in [-0.1, -0.05) is 20.8 Å². The van der Waals surface area contributed by atoms with Gasteiger partial charge in [-0.15, -0.1) is 0 Å². The lowest BCUT2D eigenvalue weighted by Gasteiger charge is -2.38. The summed E-state index contributed by atoms with van der Waals surface area (Å²) in [6, 6.07) is -0.310. The summed E-state index contributed by atoms with van der Waals surface area (Å²) in [6.45, 7) is 9.71. The molecule has 0 aliphatic carbocycles. The average Bonchev–Trinajstić information content (AvgIpc) is 2.49. The zero-order valence-corrected chi connectivity index (χ0v) is 16.6. The maximum absolute atomic E-state index is 12.2. The number of cyclic esters (lactones) is 1. The topological polar surface area (TPSA) is 90.2 Å². The summed E-state index contributed by atoms with van der Waals surface area (Å²) in [5.74, 6) is -0.222. The number of aliphatic hydroxyl groups is 3. The standard InChI is InChI=1S/C19H37NO5/c1-12-7-14(3)18(23)25-11-19(5,24)17(22)15(4)20(6)10-13(2)9-16(21)8-12/h12-17,21-22,24H,7-11H2,1-6H3/t12-,13?,14?,15-,16+,17-,19?/m1/s1. The van der Waals surface area contributed by atoms with Gasteiger partial charge in [-0.05, 0) is 52.0 Å². The van der Waals surface area contributed by atoms with E-state index in [-0.39, 0.29) is 36.4 Å². The number of rotatable bonds is 0. The number of aliphatic hydroxyl groups excluding tert-OH is 2. The first kappa shape index (κ1) is 22.4. The first-order chi connectivity index (χ1) is 11.4. The van der Waals surface area contributed by atoms with Gasteiger partial charge in [0.05, 0.1) is 12.0 Å². The zero-order valence-electron chi connectivity index (χ0n) is 16.6. The molecule has 0 amide bonds. The lowest BCUT2D eigenvalue weighted by atomic mass is 9.89. The quantitative estimate of drug-likeness (QED) is 0.567. The Hall–Kier alpha value is -0.690. The molecule has 1 aliphatic rings. The Morgan fingerprint density at radius 3 is 2.24 bits per heavy atom. The van der Waals surface area contributed by atoms with Gasteiger partial charge < -0.3 is 25.0 Å². The predicted molar refractivity (Wildman–Crippen MR) is 97.0 cm³/mol. The van der Waals surface area contributed by atoms with E-state index in [1.807, 2.05) is 25.8 Å². The third-order valence-electron chi connectivity index (χ3n) is 5.40. The van der Waals surface area contributed by atoms with Crippen molar-refractivity contribution in [3.63, 3.8) is 0 Å². The lowest BCUT2D eigenvalue weighted by molar-refractivity contribution is -0.166. The molecule has 3 N–H and O–H groups in total. The van der Waals surface area contributed by atoms with Gasteiger partial charge in [0.25, 0.3) is 0 Å². The Bertz CT molecular complexity index is 428. The van der Waals surface area contributed by atoms with Crippen LogP contribution in [-0.2, 0) is 9.53 Å². The molecule has 1 heterocycles. The monoisotopic (exact) mass is 359 g/mol. The molecule has 1 fully saturated rings. The number of carbonyl (C=O) groups excluding carboxylic acids is 1. The van der Waals surface area contributed by atoms with Crippen LogP contribution in [0.25, 0.3) is 0 Å². The number of esters is 1. The van der Waals surface area contributed by atoms with E-state index in [2.05, 4.69) is 6.92 Å². The van der Waals surface area contributed by atoms with Gasteiger partial charge in [-0.2, -0.15) is 0 Å². The van der Waals surface area contributed by atoms with Gasteiger partial charge in [0, 0.05) is 12.6 Å². The van der Waals surface area contributed by atoms with Crippen LogP contribution in [0.15, 0.2) is 0 Å². The molecule has 6 nitrogen and oxygen atoms in total. The highest BCUT2D eigenvalue weighted by Crippen LogP contribution is 2.24. The third kappa shape index (κ3) is 6.85. The largest absolute Gasteiger partial charge is 0.462 e. The average molecular weight is 360 g/mol. The van der Waals surface area contributed by atoms with Crippen molar-refractivity contribution in [2.24, 2.45) is 17.8 Å². The van der Waals surface area contributed by atoms with Crippen LogP contribution in [0.2, 0.25) is 0 Å². The molecule has 148 valence electrons. The number of hydrogen-bond donors (Lipinski definition) is 3. The highest BCUT2D eigenvalue weighted by atomic mass is 16.5. The maximum Gasteiger partial charge on any atom is 0.308 e. The molecule has 0 bridgehead atoms. The van der Waals surface area contributed by atoms with Gasteiger partial charge in [-0.25, -0.2) is 0 Å². The van der Waals surface area contributed by atoms with Crippen LogP contribution in [0.4, 0.5) is 0 Å². The molecule has 0 aromatic carbocycles. The fourth-order valence-corrected chi connectivity index (χ4v) is 3.76. The van der Waals surface area contributed by atoms with Crippen molar-refractivity contribution in [2.75, 3.05) is 20.2 Å². The van der Waals surface area contributed by atoms with Crippen molar-refractivity contribution in [2.45, 2.75) is 77.7 Å². The number of nitrogens with zero attached hydrogens (tertiary/aromatic N) is 1. The van der Waals surface area contributed by atoms with Gasteiger partial charge >= 0.3 is 5.97 Å². The van der Waals surface area contributed by atoms with Crippen LogP contribution in [0.5, 0.6) is 0 Å². The second kappa shape index (κ2) is 9.31. The summed E-state index contributed by atoms with van der Waals surface area (Å²) < 4.78 is 5.27. The maximum atomic E-state index is 12.2. The van der Waals surface area contributed by atoms with E-state index in [1.54, 1.807) is 6.92 Å². The van der Waals surface area contributed by atoms with E-state index in [9.17, 15) is 20.1 Å². The van der Waals surface area contributed by atoms with Crippen LogP contribution in [0, 0.1) is 17.8 Å². The second-order valence-corrected chi connectivity index (χ2v) is 8.56. The Morgan fingerprint density at radius 1 is 1.08 bits per heavy atom. The SMILES string of the molecule is CC1C[C@@H](O)C[C@H](C)CC(C)C(=O)OCC(C)(O)[C@H](O)[C@@H](C)N(C)C1. The smallest absolute Gasteiger partial charge is 0.308 e. The molecule has 6 heteroatoms. The van der Waals surface area contributed by atoms with Gasteiger partial charge in [0.2, 0.25) is 0 Å². The predicted octanol–water partition coefficient (Wildman–Crippen LogP) is 1.41. The Balaban J connectivity index is 2.95. The third-order valence-corrected chi connectivity index (χ3v) is 5.40. The van der Waals surface area contributed by atoms with Gasteiger partial charge in [0.1, 0.15) is 18.3 Å². The molecule has 25 heavy (non-hydrogen) atoms. The number of carbonyl (C=O) groups is 1. The Morgan fingerprint density at radius 2 is 1.64 bits per heavy atom. The van der Waals surface area contributed by atoms with Crippen molar-refractivity contribution >= 4 is 5.97 Å². The molecular formula is C19H37NO5. The van der Waals surface area contributed by atoms with Crippen molar-refractivity contribution in [3.8, 4) is 0 Å². The first-order valence-electron chi connectivity index (χ1n) is 9.39. The van der Waals surface area contributed by atoms with Crippen molar-refractivity contribution in [1.29, 1.82) is 0 Å². The molecule has 0 saturated carbocycles. The van der Waals surface area contributed by atoms with Gasteiger partial charge in [0.15, 0.2) is 0 Å². The number of hydrogen-bond acceptors (Lipinski definition) is 6. The second-order valence-electron chi connectivity index (χ2n) is 8.56. The van der Waals surface area contributed by atoms with E-state index in [4.69, 9.17) is 4.74 Å². The number of ether oxygens (including phenoxy) is 1. The molecule has 3 unspecified atom stereocenters. The van der Waals surface area contributed by atoms with E-state index in [0.717, 1.165) is 0 Å². The van der Waals surface area contributed by atoms with Crippen molar-refractivity contribution < 1.29 is 24.9 Å². The normalized spacial score (nSPS) is 43.8. The van der Waals surface area contributed by atoms with E-state index < -0.39 is 17.8 Å². The number of likely N-dealkylation sites (N-methyl/N-ethyl adjacent to an activating group) is 1. The minimum Gasteiger partial charge on any atom is -0.462 e. The lowest BCUT2D eigenvalue weighted by Crippen LogP contribution is -2.54. The highest BCUT2D eigenvalue weighted by molar-refractivity contribution is 5.72. The zero-order chi connectivity index (χ0) is 19.4. The van der Waals surface area contributed by atoms with E-state index in [1.165, 1.54) is 6.92 Å². The summed E-state index contributed by atoms with van der Waals surface area (Å²) in [5.41, 5.74) is -1.52. The van der Waals surface area contributed by atoms with Crippen LogP contribution in [0.1, 0.15) is 53.9 Å². The molecule has 1 rings (SSSR count). The Kier molecular flexibility index (Phi) is 8.32. The molecule has 7 atom stereocenters.